The summed E-state index contributed by atoms with van der Waals surface area (Å²) in [6, 6.07) is 0.411. The average Bonchev–Trinajstić information content (AvgIpc) is 2.19. The Morgan fingerprint density at radius 2 is 2.54 bits per heavy atom. The van der Waals surface area contributed by atoms with Crippen LogP contribution >= 0.6 is 0 Å². The van der Waals surface area contributed by atoms with Gasteiger partial charge in [0.1, 0.15) is 0 Å². The minimum atomic E-state index is 0.411. The zero-order valence-electron chi connectivity index (χ0n) is 8.27. The molecule has 1 aliphatic rings. The van der Waals surface area contributed by atoms with Gasteiger partial charge in [-0.05, 0) is 31.4 Å². The van der Waals surface area contributed by atoms with Gasteiger partial charge in [-0.3, -0.25) is 9.98 Å². The lowest BCUT2D eigenvalue weighted by atomic mass is 10.0. The highest BCUT2D eigenvalue weighted by atomic mass is 14.8. The molecule has 0 radical (unpaired) electrons. The Kier molecular flexibility index (Phi) is 4.16. The molecular formula is C11H16N2. The molecule has 0 saturated heterocycles. The fourth-order valence-corrected chi connectivity index (χ4v) is 1.35. The van der Waals surface area contributed by atoms with Gasteiger partial charge in [0.15, 0.2) is 0 Å². The van der Waals surface area contributed by atoms with Gasteiger partial charge in [0.25, 0.3) is 0 Å². The molecule has 1 heterocycles. The first kappa shape index (κ1) is 9.90. The molecular weight excluding hydrogens is 160 g/mol. The van der Waals surface area contributed by atoms with Crippen molar-refractivity contribution in [2.24, 2.45) is 9.98 Å². The van der Waals surface area contributed by atoms with E-state index < -0.39 is 0 Å². The number of aliphatic imine (C=N–C) groups is 2. The molecule has 2 nitrogen and oxygen atoms in total. The molecule has 0 aliphatic carbocycles. The number of dihydropyridines is 1. The third-order valence-corrected chi connectivity index (χ3v) is 2.06. The van der Waals surface area contributed by atoms with E-state index in [2.05, 4.69) is 22.1 Å². The van der Waals surface area contributed by atoms with Gasteiger partial charge in [-0.15, -0.1) is 0 Å². The Labute approximate surface area is 79.8 Å². The van der Waals surface area contributed by atoms with Crippen LogP contribution in [0, 0.1) is 0 Å². The van der Waals surface area contributed by atoms with Crippen LogP contribution in [-0.2, 0) is 0 Å². The van der Waals surface area contributed by atoms with Crippen molar-refractivity contribution in [2.75, 3.05) is 7.05 Å². The van der Waals surface area contributed by atoms with Crippen LogP contribution in [0.15, 0.2) is 33.8 Å². The van der Waals surface area contributed by atoms with Crippen molar-refractivity contribution in [1.29, 1.82) is 0 Å². The Balaban J connectivity index is 2.47. The van der Waals surface area contributed by atoms with Gasteiger partial charge >= 0.3 is 0 Å². The maximum atomic E-state index is 4.39. The van der Waals surface area contributed by atoms with Gasteiger partial charge in [0.2, 0.25) is 0 Å². The molecule has 1 aliphatic heterocycles. The topological polar surface area (TPSA) is 24.7 Å². The van der Waals surface area contributed by atoms with E-state index in [0.717, 1.165) is 12.8 Å². The van der Waals surface area contributed by atoms with Gasteiger partial charge in [0, 0.05) is 19.5 Å². The maximum absolute atomic E-state index is 4.39. The van der Waals surface area contributed by atoms with Crippen LogP contribution in [0.2, 0.25) is 0 Å². The normalized spacial score (nSPS) is 22.9. The molecule has 0 fully saturated rings. The summed E-state index contributed by atoms with van der Waals surface area (Å²) in [4.78, 5) is 8.39. The highest BCUT2D eigenvalue weighted by molar-refractivity contribution is 5.78. The van der Waals surface area contributed by atoms with Crippen molar-refractivity contribution in [3.05, 3.63) is 23.8 Å². The van der Waals surface area contributed by atoms with Crippen molar-refractivity contribution in [3.8, 4) is 0 Å². The second-order valence-corrected chi connectivity index (χ2v) is 3.07. The predicted molar refractivity (Wildman–Crippen MR) is 58.8 cm³/mol. The highest BCUT2D eigenvalue weighted by Crippen LogP contribution is 2.13. The summed E-state index contributed by atoms with van der Waals surface area (Å²) in [6.45, 7) is 2.04. The molecule has 0 amide bonds. The molecule has 0 aromatic heterocycles. The standard InChI is InChI=1S/C11H16N2/c1-3-10(9-12-2)8-11-6-4-5-7-13-11/h3-5,7,9,11H,6,8H2,1-2H3/b10-3-,12-9-. The largest absolute Gasteiger partial charge is 0.296 e. The molecule has 0 bridgehead atoms. The molecule has 0 saturated carbocycles. The molecule has 1 rings (SSSR count). The summed E-state index contributed by atoms with van der Waals surface area (Å²) >= 11 is 0. The Hall–Kier alpha value is -1.18. The van der Waals surface area contributed by atoms with E-state index in [4.69, 9.17) is 0 Å². The Bertz CT molecular complexity index is 259. The SMILES string of the molecule is C/C=C(\C=N/C)CC1CC=CC=N1. The first-order valence-electron chi connectivity index (χ1n) is 4.62. The zero-order chi connectivity index (χ0) is 9.52. The summed E-state index contributed by atoms with van der Waals surface area (Å²) in [5, 5.41) is 0. The van der Waals surface area contributed by atoms with Gasteiger partial charge in [0.05, 0.1) is 6.04 Å². The fraction of sp³-hybridized carbons (Fsp3) is 0.455. The molecule has 2 heteroatoms. The molecule has 0 N–H and O–H groups in total. The van der Waals surface area contributed by atoms with E-state index >= 15 is 0 Å². The highest BCUT2D eigenvalue weighted by Gasteiger charge is 2.07. The monoisotopic (exact) mass is 176 g/mol. The third-order valence-electron chi connectivity index (χ3n) is 2.06. The second-order valence-electron chi connectivity index (χ2n) is 3.07. The van der Waals surface area contributed by atoms with E-state index in [9.17, 15) is 0 Å². The van der Waals surface area contributed by atoms with Crippen molar-refractivity contribution < 1.29 is 0 Å². The molecule has 0 spiro atoms. The van der Waals surface area contributed by atoms with Gasteiger partial charge in [-0.2, -0.15) is 0 Å². The van der Waals surface area contributed by atoms with Crippen LogP contribution in [0.3, 0.4) is 0 Å². The zero-order valence-corrected chi connectivity index (χ0v) is 8.27. The first-order valence-corrected chi connectivity index (χ1v) is 4.62. The van der Waals surface area contributed by atoms with E-state index in [0.29, 0.717) is 6.04 Å². The minimum Gasteiger partial charge on any atom is -0.296 e. The van der Waals surface area contributed by atoms with Crippen LogP contribution in [0.5, 0.6) is 0 Å². The summed E-state index contributed by atoms with van der Waals surface area (Å²) in [6.07, 6.45) is 12.1. The number of hydrogen-bond donors (Lipinski definition) is 0. The third kappa shape index (κ3) is 3.36. The van der Waals surface area contributed by atoms with E-state index in [-0.39, 0.29) is 0 Å². The van der Waals surface area contributed by atoms with Crippen LogP contribution < -0.4 is 0 Å². The smallest absolute Gasteiger partial charge is 0.0574 e. The van der Waals surface area contributed by atoms with Crippen LogP contribution in [-0.4, -0.2) is 25.5 Å². The number of rotatable bonds is 3. The van der Waals surface area contributed by atoms with E-state index in [1.807, 2.05) is 25.4 Å². The fourth-order valence-electron chi connectivity index (χ4n) is 1.35. The van der Waals surface area contributed by atoms with E-state index in [1.165, 1.54) is 5.57 Å². The maximum Gasteiger partial charge on any atom is 0.0574 e. The van der Waals surface area contributed by atoms with Crippen molar-refractivity contribution in [1.82, 2.24) is 0 Å². The number of nitrogens with zero attached hydrogens (tertiary/aromatic N) is 2. The Morgan fingerprint density at radius 1 is 1.69 bits per heavy atom. The van der Waals surface area contributed by atoms with Crippen LogP contribution in [0.4, 0.5) is 0 Å². The summed E-state index contributed by atoms with van der Waals surface area (Å²) in [7, 11) is 1.80. The Morgan fingerprint density at radius 3 is 3.08 bits per heavy atom. The van der Waals surface area contributed by atoms with Crippen molar-refractivity contribution in [3.63, 3.8) is 0 Å². The minimum absolute atomic E-state index is 0.411. The second kappa shape index (κ2) is 5.46. The molecule has 70 valence electrons. The van der Waals surface area contributed by atoms with Crippen molar-refractivity contribution >= 4 is 12.4 Å². The quantitative estimate of drug-likeness (QED) is 0.590. The molecule has 1 atom stereocenters. The lowest BCUT2D eigenvalue weighted by Crippen LogP contribution is -2.07. The summed E-state index contributed by atoms with van der Waals surface area (Å²) < 4.78 is 0. The molecule has 13 heavy (non-hydrogen) atoms. The lowest BCUT2D eigenvalue weighted by Gasteiger charge is -2.12. The lowest BCUT2D eigenvalue weighted by molar-refractivity contribution is 0.686. The van der Waals surface area contributed by atoms with Gasteiger partial charge in [-0.1, -0.05) is 12.2 Å². The molecule has 0 aromatic carbocycles. The van der Waals surface area contributed by atoms with Crippen LogP contribution in [0.1, 0.15) is 19.8 Å². The van der Waals surface area contributed by atoms with Gasteiger partial charge < -0.3 is 0 Å². The predicted octanol–water partition coefficient (Wildman–Crippen LogP) is 2.42. The van der Waals surface area contributed by atoms with Crippen molar-refractivity contribution in [2.45, 2.75) is 25.8 Å². The molecule has 0 aromatic rings. The first-order chi connectivity index (χ1) is 6.36. The van der Waals surface area contributed by atoms with Crippen LogP contribution in [0.25, 0.3) is 0 Å². The van der Waals surface area contributed by atoms with E-state index in [1.54, 1.807) is 7.05 Å². The van der Waals surface area contributed by atoms with Gasteiger partial charge in [-0.25, -0.2) is 0 Å². The molecule has 1 unspecified atom stereocenters. The average molecular weight is 176 g/mol. The summed E-state index contributed by atoms with van der Waals surface area (Å²) in [5.41, 5.74) is 1.26. The summed E-state index contributed by atoms with van der Waals surface area (Å²) in [5.74, 6) is 0. The number of allylic oxidation sites excluding steroid dienone is 2. The number of hydrogen-bond acceptors (Lipinski definition) is 2.